The lowest BCUT2D eigenvalue weighted by molar-refractivity contribution is 0.0771. The molecule has 3 atom stereocenters. The molecule has 0 unspecified atom stereocenters. The molecule has 69 heavy (non-hydrogen) atoms. The first-order valence-corrected chi connectivity index (χ1v) is 28.6. The van der Waals surface area contributed by atoms with Crippen LogP contribution in [0.5, 0.6) is 0 Å². The maximum atomic E-state index is 6.92. The van der Waals surface area contributed by atoms with Gasteiger partial charge in [0.05, 0.1) is 17.6 Å². The largest absolute Gasteiger partial charge is 0.498 e. The van der Waals surface area contributed by atoms with Crippen molar-refractivity contribution in [1.29, 1.82) is 0 Å². The van der Waals surface area contributed by atoms with Gasteiger partial charge in [0, 0.05) is 27.9 Å². The molecule has 0 aromatic heterocycles. The fourth-order valence-electron chi connectivity index (χ4n) is 15.2. The van der Waals surface area contributed by atoms with Gasteiger partial charge in [0.2, 0.25) is 0 Å². The highest BCUT2D eigenvalue weighted by molar-refractivity contribution is 5.91. The first-order chi connectivity index (χ1) is 33.8. The Labute approximate surface area is 420 Å². The van der Waals surface area contributed by atoms with E-state index in [1.807, 2.05) is 0 Å². The zero-order chi connectivity index (χ0) is 48.1. The minimum Gasteiger partial charge on any atom is -0.498 e. The third-order valence-electron chi connectivity index (χ3n) is 18.4. The van der Waals surface area contributed by atoms with Crippen LogP contribution in [0, 0.1) is 23.2 Å². The van der Waals surface area contributed by atoms with Crippen molar-refractivity contribution in [2.45, 2.75) is 205 Å². The summed E-state index contributed by atoms with van der Waals surface area (Å²) in [7, 11) is 4.65. The van der Waals surface area contributed by atoms with Gasteiger partial charge in [0.1, 0.15) is 5.76 Å². The van der Waals surface area contributed by atoms with Crippen LogP contribution in [-0.4, -0.2) is 31.1 Å². The Morgan fingerprint density at radius 2 is 1.04 bits per heavy atom. The van der Waals surface area contributed by atoms with E-state index in [1.165, 1.54) is 198 Å². The van der Waals surface area contributed by atoms with Crippen molar-refractivity contribution in [2.24, 2.45) is 11.3 Å². The molecule has 0 N–H and O–H groups in total. The number of ether oxygens (including phenoxy) is 1. The minimum atomic E-state index is -0.331. The molecule has 9 rings (SSSR count). The summed E-state index contributed by atoms with van der Waals surface area (Å²) in [5, 5.41) is 0. The Hall–Kier alpha value is -4.32. The molecule has 0 heterocycles. The Bertz CT molecular complexity index is 2530. The molecular formula is C67H87NO. The fourth-order valence-corrected chi connectivity index (χ4v) is 15.2. The first-order valence-electron chi connectivity index (χ1n) is 28.6. The van der Waals surface area contributed by atoms with Crippen LogP contribution in [-0.2, 0) is 15.6 Å². The van der Waals surface area contributed by atoms with Gasteiger partial charge < -0.3 is 4.74 Å². The quantitative estimate of drug-likeness (QED) is 0.0513. The van der Waals surface area contributed by atoms with Crippen LogP contribution < -0.4 is 0 Å². The molecule has 1 saturated carbocycles. The highest BCUT2D eigenvalue weighted by Gasteiger charge is 2.69. The van der Waals surface area contributed by atoms with E-state index in [1.54, 1.807) is 16.7 Å². The van der Waals surface area contributed by atoms with Gasteiger partial charge in [-0.05, 0) is 139 Å². The zero-order valence-corrected chi connectivity index (χ0v) is 44.3. The maximum absolute atomic E-state index is 6.92. The van der Waals surface area contributed by atoms with E-state index in [4.69, 9.17) is 4.74 Å². The number of likely N-dealkylation sites (N-methyl/N-ethyl adjacent to an activating group) is 1. The first kappa shape index (κ1) is 49.7. The number of unbranched alkanes of at least 4 members (excludes halogenated alkanes) is 12. The number of allylic oxidation sites excluding steroid dienone is 1. The van der Waals surface area contributed by atoms with Gasteiger partial charge in [-0.3, -0.25) is 4.90 Å². The van der Waals surface area contributed by atoms with Crippen molar-refractivity contribution in [1.82, 2.24) is 4.90 Å². The third-order valence-corrected chi connectivity index (χ3v) is 18.4. The molecule has 4 aromatic carbocycles. The van der Waals surface area contributed by atoms with Crippen molar-refractivity contribution in [3.8, 4) is 34.1 Å². The van der Waals surface area contributed by atoms with Crippen molar-refractivity contribution < 1.29 is 4.74 Å². The molecule has 0 saturated heterocycles. The Morgan fingerprint density at radius 3 is 1.57 bits per heavy atom. The van der Waals surface area contributed by atoms with E-state index >= 15 is 0 Å². The number of hydrogen-bond donors (Lipinski definition) is 0. The summed E-state index contributed by atoms with van der Waals surface area (Å²) in [4.78, 5) is 2.53. The summed E-state index contributed by atoms with van der Waals surface area (Å²) >= 11 is 0. The normalized spacial score (nSPS) is 21.9. The smallest absolute Gasteiger partial charge is 0.105 e. The summed E-state index contributed by atoms with van der Waals surface area (Å²) in [6, 6.07) is 34.1. The van der Waals surface area contributed by atoms with Gasteiger partial charge in [0.25, 0.3) is 0 Å². The second kappa shape index (κ2) is 21.6. The molecule has 366 valence electrons. The molecule has 2 bridgehead atoms. The van der Waals surface area contributed by atoms with Gasteiger partial charge in [-0.15, -0.1) is 0 Å². The van der Waals surface area contributed by atoms with Crippen molar-refractivity contribution in [3.63, 3.8) is 0 Å². The van der Waals surface area contributed by atoms with E-state index in [2.05, 4.69) is 156 Å². The molecule has 5 aliphatic rings. The summed E-state index contributed by atoms with van der Waals surface area (Å²) in [6.45, 7) is 12.3. The topological polar surface area (TPSA) is 12.5 Å². The van der Waals surface area contributed by atoms with Crippen molar-refractivity contribution in [3.05, 3.63) is 136 Å². The summed E-state index contributed by atoms with van der Waals surface area (Å²) in [5.74, 6) is 9.77. The maximum Gasteiger partial charge on any atom is 0.105 e. The molecule has 2 heteroatoms. The number of rotatable bonds is 24. The van der Waals surface area contributed by atoms with Crippen LogP contribution in [0.1, 0.15) is 222 Å². The zero-order valence-electron chi connectivity index (χ0n) is 44.3. The molecular weight excluding hydrogens is 835 g/mol. The van der Waals surface area contributed by atoms with Crippen LogP contribution in [0.15, 0.2) is 102 Å². The van der Waals surface area contributed by atoms with Gasteiger partial charge in [-0.2, -0.15) is 0 Å². The van der Waals surface area contributed by atoms with Gasteiger partial charge in [0.15, 0.2) is 0 Å². The van der Waals surface area contributed by atoms with E-state index in [0.717, 1.165) is 12.0 Å². The van der Waals surface area contributed by atoms with E-state index in [0.29, 0.717) is 12.5 Å². The lowest BCUT2D eigenvalue weighted by atomic mass is 9.63. The average Bonchev–Trinajstić information content (AvgIpc) is 4.01. The Balaban J connectivity index is 1.23. The summed E-state index contributed by atoms with van der Waals surface area (Å²) < 4.78 is 6.92. The second-order valence-corrected chi connectivity index (χ2v) is 22.4. The van der Waals surface area contributed by atoms with Gasteiger partial charge in [-0.1, -0.05) is 222 Å². The molecule has 1 fully saturated rings. The molecule has 0 radical (unpaired) electrons. The van der Waals surface area contributed by atoms with Crippen LogP contribution in [0.2, 0.25) is 0 Å². The number of hydrogen-bond acceptors (Lipinski definition) is 2. The summed E-state index contributed by atoms with van der Waals surface area (Å²) in [6.07, 6.45) is 32.9. The third kappa shape index (κ3) is 8.51. The fraction of sp³-hybridized carbons (Fsp3) is 0.552. The molecule has 0 spiro atoms. The van der Waals surface area contributed by atoms with Gasteiger partial charge >= 0.3 is 0 Å². The standard InChI is InChI=1S/C67H87NO/c1-8-13-17-26-42-64(43-27-18-14-9-2)56-33-23-21-31-52(56)54-39-36-50(47-59(54)64)37-41-58-63(66-46-30-25-35-61(66)67(58,68(6)7)49-62(66)69-12-5)51-38-40-55-53-32-22-24-34-57(53)65(60(55)48-51,44-28-19-15-10-3)45-29-20-16-11-4/h21-24,31-34,36,38-40,47-49,61H,8-20,25-30,35,42-46H2,1-7H3/t61-,66-,67-/m0/s1. The van der Waals surface area contributed by atoms with Crippen LogP contribution in [0.25, 0.3) is 27.8 Å². The molecule has 0 aliphatic heterocycles. The number of fused-ring (bicyclic) bond motifs is 6. The van der Waals surface area contributed by atoms with Crippen molar-refractivity contribution in [2.75, 3.05) is 20.7 Å². The monoisotopic (exact) mass is 922 g/mol. The SMILES string of the molecule is CCCCCCC1(CCCCCC)c2ccccc2-c2ccc(C#CC3=C(c4ccc5c(c4)C(CCCCCC)(CCCCCC)c4ccccc4-5)[C@@]45CCCC[C@@H]4[C@]3(N(C)C)C=C5OCC)cc21. The van der Waals surface area contributed by atoms with E-state index in [-0.39, 0.29) is 21.8 Å². The number of nitrogens with zero attached hydrogens (tertiary/aromatic N) is 1. The van der Waals surface area contributed by atoms with Crippen LogP contribution in [0.4, 0.5) is 0 Å². The molecule has 0 amide bonds. The van der Waals surface area contributed by atoms with E-state index < -0.39 is 0 Å². The highest BCUT2D eigenvalue weighted by atomic mass is 16.5. The molecule has 5 aliphatic carbocycles. The van der Waals surface area contributed by atoms with Gasteiger partial charge in [-0.25, -0.2) is 0 Å². The summed E-state index contributed by atoms with van der Waals surface area (Å²) in [5.41, 5.74) is 16.9. The minimum absolute atomic E-state index is 0.0243. The lowest BCUT2D eigenvalue weighted by Crippen LogP contribution is -2.48. The highest BCUT2D eigenvalue weighted by Crippen LogP contribution is 2.72. The molecule has 4 aromatic rings. The molecule has 2 nitrogen and oxygen atoms in total. The van der Waals surface area contributed by atoms with Crippen LogP contribution >= 0.6 is 0 Å². The number of benzene rings is 4. The Morgan fingerprint density at radius 1 is 0.536 bits per heavy atom. The lowest BCUT2D eigenvalue weighted by Gasteiger charge is -2.44. The Kier molecular flexibility index (Phi) is 15.5. The van der Waals surface area contributed by atoms with E-state index in [9.17, 15) is 0 Å². The predicted molar refractivity (Wildman–Crippen MR) is 295 cm³/mol. The second-order valence-electron chi connectivity index (χ2n) is 22.4. The average molecular weight is 922 g/mol. The van der Waals surface area contributed by atoms with Crippen LogP contribution in [0.3, 0.4) is 0 Å². The predicted octanol–water partition coefficient (Wildman–Crippen LogP) is 18.3. The van der Waals surface area contributed by atoms with Crippen molar-refractivity contribution >= 4 is 5.57 Å².